The van der Waals surface area contributed by atoms with E-state index < -0.39 is 0 Å². The predicted molar refractivity (Wildman–Crippen MR) is 81.2 cm³/mol. The van der Waals surface area contributed by atoms with Crippen molar-refractivity contribution in [3.8, 4) is 22.6 Å². The van der Waals surface area contributed by atoms with E-state index in [1.165, 1.54) is 13.5 Å². The summed E-state index contributed by atoms with van der Waals surface area (Å²) in [5.74, 6) is 0.135. The van der Waals surface area contributed by atoms with Crippen LogP contribution in [0, 0.1) is 6.92 Å². The molecule has 22 heavy (non-hydrogen) atoms. The van der Waals surface area contributed by atoms with Crippen LogP contribution in [-0.2, 0) is 4.74 Å². The van der Waals surface area contributed by atoms with Crippen molar-refractivity contribution in [3.05, 3.63) is 60.0 Å². The molecule has 0 spiro atoms. The highest BCUT2D eigenvalue weighted by molar-refractivity contribution is 5.90. The van der Waals surface area contributed by atoms with Crippen LogP contribution in [0.5, 0.6) is 0 Å². The summed E-state index contributed by atoms with van der Waals surface area (Å²) in [7, 11) is 1.37. The number of rotatable bonds is 3. The van der Waals surface area contributed by atoms with E-state index in [4.69, 9.17) is 9.15 Å². The van der Waals surface area contributed by atoms with Crippen molar-refractivity contribution in [2.75, 3.05) is 7.11 Å². The van der Waals surface area contributed by atoms with E-state index in [2.05, 4.69) is 10.2 Å². The van der Waals surface area contributed by atoms with Crippen molar-refractivity contribution in [1.29, 1.82) is 0 Å². The Labute approximate surface area is 127 Å². The first-order valence-electron chi connectivity index (χ1n) is 6.75. The van der Waals surface area contributed by atoms with Gasteiger partial charge < -0.3 is 9.15 Å². The van der Waals surface area contributed by atoms with Gasteiger partial charge in [-0.05, 0) is 47.9 Å². The quantitative estimate of drug-likeness (QED) is 0.692. The molecule has 0 atom stereocenters. The summed E-state index contributed by atoms with van der Waals surface area (Å²) in [5.41, 5.74) is 4.56. The third-order valence-corrected chi connectivity index (χ3v) is 3.46. The highest BCUT2D eigenvalue weighted by Gasteiger charge is 2.10. The molecule has 1 heterocycles. The van der Waals surface area contributed by atoms with Crippen LogP contribution < -0.4 is 0 Å². The molecule has 0 saturated heterocycles. The Kier molecular flexibility index (Phi) is 3.70. The van der Waals surface area contributed by atoms with Gasteiger partial charge in [-0.3, -0.25) is 0 Å². The lowest BCUT2D eigenvalue weighted by molar-refractivity contribution is 0.0601. The molecular formula is C17H14N2O3. The van der Waals surface area contributed by atoms with Crippen molar-refractivity contribution in [1.82, 2.24) is 10.2 Å². The van der Waals surface area contributed by atoms with Gasteiger partial charge in [-0.25, -0.2) is 4.79 Å². The van der Waals surface area contributed by atoms with E-state index in [1.807, 2.05) is 37.3 Å². The Balaban J connectivity index is 2.00. The number of carbonyl (C=O) groups is 1. The molecule has 0 N–H and O–H groups in total. The van der Waals surface area contributed by atoms with Gasteiger partial charge in [0.2, 0.25) is 12.3 Å². The smallest absolute Gasteiger partial charge is 0.337 e. The molecular weight excluding hydrogens is 280 g/mol. The Bertz CT molecular complexity index is 793. The first kappa shape index (κ1) is 14.0. The van der Waals surface area contributed by atoms with Gasteiger partial charge in [0, 0.05) is 5.56 Å². The van der Waals surface area contributed by atoms with Crippen LogP contribution in [0.3, 0.4) is 0 Å². The minimum absolute atomic E-state index is 0.345. The molecule has 0 fully saturated rings. The van der Waals surface area contributed by atoms with E-state index in [9.17, 15) is 4.79 Å². The lowest BCUT2D eigenvalue weighted by Gasteiger charge is -2.08. The first-order valence-corrected chi connectivity index (χ1v) is 6.75. The second kappa shape index (κ2) is 5.81. The molecule has 0 bridgehead atoms. The fourth-order valence-corrected chi connectivity index (χ4v) is 2.27. The lowest BCUT2D eigenvalue weighted by Crippen LogP contribution is -2.00. The fraction of sp³-hybridized carbons (Fsp3) is 0.118. The molecule has 0 aliphatic rings. The van der Waals surface area contributed by atoms with E-state index in [0.29, 0.717) is 11.5 Å². The predicted octanol–water partition coefficient (Wildman–Crippen LogP) is 3.50. The summed E-state index contributed by atoms with van der Waals surface area (Å²) in [4.78, 5) is 11.5. The standard InChI is InChI=1S/C17H14N2O3/c1-11-3-4-14(16-19-18-10-22-16)9-15(11)12-5-7-13(8-6-12)17(20)21-2/h3-10H,1-2H3. The Morgan fingerprint density at radius 2 is 1.82 bits per heavy atom. The fourth-order valence-electron chi connectivity index (χ4n) is 2.27. The second-order valence-corrected chi connectivity index (χ2v) is 4.84. The van der Waals surface area contributed by atoms with Crippen LogP contribution in [0.2, 0.25) is 0 Å². The summed E-state index contributed by atoms with van der Waals surface area (Å²) >= 11 is 0. The highest BCUT2D eigenvalue weighted by Crippen LogP contribution is 2.28. The van der Waals surface area contributed by atoms with Crippen molar-refractivity contribution in [2.45, 2.75) is 6.92 Å². The molecule has 5 nitrogen and oxygen atoms in total. The maximum atomic E-state index is 11.5. The van der Waals surface area contributed by atoms with Crippen LogP contribution in [0.25, 0.3) is 22.6 Å². The molecule has 0 saturated carbocycles. The van der Waals surface area contributed by atoms with Crippen LogP contribution in [0.15, 0.2) is 53.3 Å². The SMILES string of the molecule is COC(=O)c1ccc(-c2cc(-c3nnco3)ccc2C)cc1. The summed E-state index contributed by atoms with van der Waals surface area (Å²) in [6.45, 7) is 2.03. The number of ether oxygens (including phenoxy) is 1. The molecule has 3 aromatic rings. The number of aromatic nitrogens is 2. The molecule has 0 amide bonds. The van der Waals surface area contributed by atoms with Crippen LogP contribution >= 0.6 is 0 Å². The van der Waals surface area contributed by atoms with Gasteiger partial charge in [0.05, 0.1) is 12.7 Å². The zero-order chi connectivity index (χ0) is 15.5. The van der Waals surface area contributed by atoms with Gasteiger partial charge in [-0.15, -0.1) is 10.2 Å². The molecule has 1 aromatic heterocycles. The number of hydrogen-bond acceptors (Lipinski definition) is 5. The first-order chi connectivity index (χ1) is 10.7. The summed E-state index contributed by atoms with van der Waals surface area (Å²) in [6, 6.07) is 13.2. The van der Waals surface area contributed by atoms with Gasteiger partial charge in [0.25, 0.3) is 0 Å². The summed E-state index contributed by atoms with van der Waals surface area (Å²) in [5, 5.41) is 7.62. The Hall–Kier alpha value is -2.95. The van der Waals surface area contributed by atoms with E-state index >= 15 is 0 Å². The summed E-state index contributed by atoms with van der Waals surface area (Å²) in [6.07, 6.45) is 1.31. The number of aryl methyl sites for hydroxylation is 1. The van der Waals surface area contributed by atoms with E-state index in [0.717, 1.165) is 22.3 Å². The van der Waals surface area contributed by atoms with Gasteiger partial charge in [0.15, 0.2) is 0 Å². The van der Waals surface area contributed by atoms with Crippen molar-refractivity contribution < 1.29 is 13.9 Å². The number of hydrogen-bond donors (Lipinski definition) is 0. The lowest BCUT2D eigenvalue weighted by atomic mass is 9.97. The normalized spacial score (nSPS) is 10.5. The number of benzene rings is 2. The number of esters is 1. The molecule has 0 unspecified atom stereocenters. The molecule has 5 heteroatoms. The van der Waals surface area contributed by atoms with Crippen molar-refractivity contribution >= 4 is 5.97 Å². The number of carbonyl (C=O) groups excluding carboxylic acids is 1. The van der Waals surface area contributed by atoms with Crippen LogP contribution in [-0.4, -0.2) is 23.3 Å². The minimum atomic E-state index is -0.345. The third kappa shape index (κ3) is 2.61. The molecule has 0 aliphatic carbocycles. The molecule has 2 aromatic carbocycles. The highest BCUT2D eigenvalue weighted by atomic mass is 16.5. The summed E-state index contributed by atoms with van der Waals surface area (Å²) < 4.78 is 9.94. The zero-order valence-electron chi connectivity index (χ0n) is 12.2. The zero-order valence-corrected chi connectivity index (χ0v) is 12.2. The van der Waals surface area contributed by atoms with Gasteiger partial charge in [-0.2, -0.15) is 0 Å². The number of methoxy groups -OCH3 is 1. The van der Waals surface area contributed by atoms with Gasteiger partial charge in [0.1, 0.15) is 0 Å². The molecule has 0 aliphatic heterocycles. The second-order valence-electron chi connectivity index (χ2n) is 4.84. The average molecular weight is 294 g/mol. The Morgan fingerprint density at radius 1 is 1.09 bits per heavy atom. The van der Waals surface area contributed by atoms with Gasteiger partial charge >= 0.3 is 5.97 Å². The largest absolute Gasteiger partial charge is 0.465 e. The van der Waals surface area contributed by atoms with Crippen LogP contribution in [0.4, 0.5) is 0 Å². The molecule has 0 radical (unpaired) electrons. The minimum Gasteiger partial charge on any atom is -0.465 e. The van der Waals surface area contributed by atoms with Gasteiger partial charge in [-0.1, -0.05) is 18.2 Å². The van der Waals surface area contributed by atoms with Crippen molar-refractivity contribution in [3.63, 3.8) is 0 Å². The maximum Gasteiger partial charge on any atom is 0.337 e. The topological polar surface area (TPSA) is 65.2 Å². The van der Waals surface area contributed by atoms with E-state index in [1.54, 1.807) is 12.1 Å². The van der Waals surface area contributed by atoms with Crippen LogP contribution in [0.1, 0.15) is 15.9 Å². The molecule has 110 valence electrons. The maximum absolute atomic E-state index is 11.5. The molecule has 3 rings (SSSR count). The Morgan fingerprint density at radius 3 is 2.45 bits per heavy atom. The van der Waals surface area contributed by atoms with E-state index in [-0.39, 0.29) is 5.97 Å². The monoisotopic (exact) mass is 294 g/mol. The number of nitrogens with zero attached hydrogens (tertiary/aromatic N) is 2. The van der Waals surface area contributed by atoms with Crippen molar-refractivity contribution in [2.24, 2.45) is 0 Å². The average Bonchev–Trinajstić information content (AvgIpc) is 3.09. The third-order valence-electron chi connectivity index (χ3n) is 3.46.